The van der Waals surface area contributed by atoms with Crippen molar-refractivity contribution in [2.45, 2.75) is 19.3 Å². The monoisotopic (exact) mass is 651 g/mol. The fourth-order valence-electron chi connectivity index (χ4n) is 8.22. The fraction of sp³-hybridized carbons (Fsp3) is 0.0625. The van der Waals surface area contributed by atoms with Crippen LogP contribution in [0.15, 0.2) is 164 Å². The molecule has 0 N–H and O–H groups in total. The zero-order valence-corrected chi connectivity index (χ0v) is 28.4. The molecule has 10 rings (SSSR count). The second kappa shape index (κ2) is 11.3. The highest BCUT2D eigenvalue weighted by molar-refractivity contribution is 6.25. The van der Waals surface area contributed by atoms with Crippen LogP contribution in [0.3, 0.4) is 0 Å². The molecule has 0 bridgehead atoms. The van der Waals surface area contributed by atoms with Crippen molar-refractivity contribution in [2.75, 3.05) is 0 Å². The first-order chi connectivity index (χ1) is 25.0. The van der Waals surface area contributed by atoms with E-state index in [9.17, 15) is 0 Å². The molecule has 0 saturated carbocycles. The number of hydrogen-bond acceptors (Lipinski definition) is 3. The van der Waals surface area contributed by atoms with Gasteiger partial charge in [-0.05, 0) is 77.8 Å². The molecule has 0 radical (unpaired) electrons. The van der Waals surface area contributed by atoms with Gasteiger partial charge in [-0.1, -0.05) is 166 Å². The number of hydrogen-bond donors (Lipinski definition) is 0. The first kappa shape index (κ1) is 29.5. The maximum absolute atomic E-state index is 5.19. The molecule has 8 aromatic carbocycles. The minimum atomic E-state index is -0.0648. The summed E-state index contributed by atoms with van der Waals surface area (Å²) in [4.78, 5) is 15.4. The zero-order chi connectivity index (χ0) is 34.1. The summed E-state index contributed by atoms with van der Waals surface area (Å²) in [5, 5.41) is 7.38. The first-order valence-corrected chi connectivity index (χ1v) is 17.5. The molecule has 0 amide bonds. The molecule has 1 aliphatic rings. The van der Waals surface area contributed by atoms with Crippen molar-refractivity contribution in [3.05, 3.63) is 175 Å². The third-order valence-electron chi connectivity index (χ3n) is 10.7. The molecule has 51 heavy (non-hydrogen) atoms. The lowest BCUT2D eigenvalue weighted by atomic mass is 9.82. The summed E-state index contributed by atoms with van der Waals surface area (Å²) in [6.07, 6.45) is 0. The summed E-state index contributed by atoms with van der Waals surface area (Å²) in [6.45, 7) is 4.65. The van der Waals surface area contributed by atoms with Crippen LogP contribution in [-0.4, -0.2) is 15.0 Å². The summed E-state index contributed by atoms with van der Waals surface area (Å²) in [6, 6.07) is 58.4. The van der Waals surface area contributed by atoms with Crippen LogP contribution in [0, 0.1) is 0 Å². The standard InChI is InChI=1S/C48H33N3/c1-48(2)42-24-11-10-22-40(42)44-34(23-13-25-43(44)48)31-16-12-17-32(28-31)46-49-45(30-14-4-3-5-15-30)50-47(51-46)33-26-27-39-37-20-7-6-18-35(37)36-19-8-9-21-38(36)41(39)29-33/h3-29H,1-2H3. The number of nitrogens with zero attached hydrogens (tertiary/aromatic N) is 3. The maximum Gasteiger partial charge on any atom is 0.164 e. The normalized spacial score (nSPS) is 13.1. The third kappa shape index (κ3) is 4.62. The number of aromatic nitrogens is 3. The number of fused-ring (bicyclic) bond motifs is 9. The molecule has 240 valence electrons. The molecule has 1 aliphatic carbocycles. The van der Waals surface area contributed by atoms with Gasteiger partial charge in [0.1, 0.15) is 0 Å². The summed E-state index contributed by atoms with van der Waals surface area (Å²) in [5.41, 5.74) is 10.5. The van der Waals surface area contributed by atoms with E-state index in [4.69, 9.17) is 15.0 Å². The van der Waals surface area contributed by atoms with E-state index in [0.717, 1.165) is 22.3 Å². The zero-order valence-electron chi connectivity index (χ0n) is 28.4. The Balaban J connectivity index is 1.16. The summed E-state index contributed by atoms with van der Waals surface area (Å²) < 4.78 is 0. The summed E-state index contributed by atoms with van der Waals surface area (Å²) in [5.74, 6) is 1.96. The highest BCUT2D eigenvalue weighted by atomic mass is 15.0. The van der Waals surface area contributed by atoms with E-state index in [1.807, 2.05) is 18.2 Å². The Hall–Kier alpha value is -6.45. The Labute approximate surface area is 297 Å². The van der Waals surface area contributed by atoms with Crippen molar-refractivity contribution in [3.8, 4) is 56.4 Å². The van der Waals surface area contributed by atoms with Crippen LogP contribution in [0.5, 0.6) is 0 Å². The van der Waals surface area contributed by atoms with Crippen LogP contribution in [0.2, 0.25) is 0 Å². The van der Waals surface area contributed by atoms with Gasteiger partial charge in [-0.15, -0.1) is 0 Å². The lowest BCUT2D eigenvalue weighted by Gasteiger charge is -2.21. The van der Waals surface area contributed by atoms with Crippen molar-refractivity contribution in [1.82, 2.24) is 15.0 Å². The van der Waals surface area contributed by atoms with Gasteiger partial charge >= 0.3 is 0 Å². The Kier molecular flexibility index (Phi) is 6.53. The summed E-state index contributed by atoms with van der Waals surface area (Å²) in [7, 11) is 0. The molecule has 1 aromatic heterocycles. The van der Waals surface area contributed by atoms with Crippen LogP contribution in [-0.2, 0) is 5.41 Å². The van der Waals surface area contributed by atoms with Crippen molar-refractivity contribution in [2.24, 2.45) is 0 Å². The lowest BCUT2D eigenvalue weighted by molar-refractivity contribution is 0.660. The number of rotatable bonds is 4. The van der Waals surface area contributed by atoms with Crippen LogP contribution < -0.4 is 0 Å². The molecule has 1 heterocycles. The van der Waals surface area contributed by atoms with Crippen LogP contribution >= 0.6 is 0 Å². The fourth-order valence-corrected chi connectivity index (χ4v) is 8.22. The van der Waals surface area contributed by atoms with E-state index in [2.05, 4.69) is 159 Å². The molecular formula is C48H33N3. The van der Waals surface area contributed by atoms with E-state index in [1.54, 1.807) is 0 Å². The van der Waals surface area contributed by atoms with Gasteiger partial charge < -0.3 is 0 Å². The average Bonchev–Trinajstić information content (AvgIpc) is 3.44. The van der Waals surface area contributed by atoms with Gasteiger partial charge in [-0.25, -0.2) is 15.0 Å². The van der Waals surface area contributed by atoms with E-state index >= 15 is 0 Å². The molecule has 0 spiro atoms. The molecule has 0 saturated heterocycles. The molecule has 0 unspecified atom stereocenters. The van der Waals surface area contributed by atoms with Crippen LogP contribution in [0.4, 0.5) is 0 Å². The highest BCUT2D eigenvalue weighted by Gasteiger charge is 2.36. The van der Waals surface area contributed by atoms with Gasteiger partial charge in [0.25, 0.3) is 0 Å². The van der Waals surface area contributed by atoms with Crippen molar-refractivity contribution in [3.63, 3.8) is 0 Å². The Morgan fingerprint density at radius 2 is 0.804 bits per heavy atom. The van der Waals surface area contributed by atoms with Crippen LogP contribution in [0.1, 0.15) is 25.0 Å². The molecular weight excluding hydrogens is 619 g/mol. The van der Waals surface area contributed by atoms with Crippen LogP contribution in [0.25, 0.3) is 88.7 Å². The minimum Gasteiger partial charge on any atom is -0.208 e. The van der Waals surface area contributed by atoms with Gasteiger partial charge in [-0.2, -0.15) is 0 Å². The average molecular weight is 652 g/mol. The molecule has 3 heteroatoms. The van der Waals surface area contributed by atoms with Gasteiger partial charge in [0.15, 0.2) is 17.5 Å². The van der Waals surface area contributed by atoms with E-state index in [1.165, 1.54) is 60.1 Å². The lowest BCUT2D eigenvalue weighted by Crippen LogP contribution is -2.14. The smallest absolute Gasteiger partial charge is 0.164 e. The Bertz CT molecular complexity index is 2800. The van der Waals surface area contributed by atoms with Crippen molar-refractivity contribution >= 4 is 32.3 Å². The second-order valence-electron chi connectivity index (χ2n) is 14.0. The maximum atomic E-state index is 5.19. The molecule has 0 fully saturated rings. The third-order valence-corrected chi connectivity index (χ3v) is 10.7. The van der Waals surface area contributed by atoms with Gasteiger partial charge in [0.2, 0.25) is 0 Å². The van der Waals surface area contributed by atoms with E-state index in [0.29, 0.717) is 17.5 Å². The molecule has 9 aromatic rings. The van der Waals surface area contributed by atoms with Gasteiger partial charge in [-0.3, -0.25) is 0 Å². The number of benzene rings is 8. The van der Waals surface area contributed by atoms with E-state index in [-0.39, 0.29) is 5.41 Å². The van der Waals surface area contributed by atoms with Gasteiger partial charge in [0.05, 0.1) is 0 Å². The highest BCUT2D eigenvalue weighted by Crippen LogP contribution is 2.52. The quantitative estimate of drug-likeness (QED) is 0.178. The SMILES string of the molecule is CC1(C)c2ccccc2-c2c(-c3cccc(-c4nc(-c5ccccc5)nc(-c5ccc6c7ccccc7c7ccccc7c6c5)n4)c3)cccc21. The predicted octanol–water partition coefficient (Wildman–Crippen LogP) is 12.3. The molecule has 0 atom stereocenters. The van der Waals surface area contributed by atoms with Crippen molar-refractivity contribution in [1.29, 1.82) is 0 Å². The Morgan fingerprint density at radius 3 is 1.51 bits per heavy atom. The van der Waals surface area contributed by atoms with Gasteiger partial charge in [0, 0.05) is 22.1 Å². The van der Waals surface area contributed by atoms with E-state index < -0.39 is 0 Å². The predicted molar refractivity (Wildman–Crippen MR) is 212 cm³/mol. The first-order valence-electron chi connectivity index (χ1n) is 17.5. The minimum absolute atomic E-state index is 0.0648. The Morgan fingerprint density at radius 1 is 0.333 bits per heavy atom. The topological polar surface area (TPSA) is 38.7 Å². The largest absolute Gasteiger partial charge is 0.208 e. The molecule has 3 nitrogen and oxygen atoms in total. The molecule has 0 aliphatic heterocycles. The van der Waals surface area contributed by atoms with Crippen molar-refractivity contribution < 1.29 is 0 Å². The second-order valence-corrected chi connectivity index (χ2v) is 14.0. The summed E-state index contributed by atoms with van der Waals surface area (Å²) >= 11 is 0.